The Morgan fingerprint density at radius 2 is 1.95 bits per heavy atom. The maximum absolute atomic E-state index is 12.0. The average molecular weight is 289 g/mol. The van der Waals surface area contributed by atoms with Crippen LogP contribution in [0.2, 0.25) is 0 Å². The molecular weight excluding hydrogens is 270 g/mol. The summed E-state index contributed by atoms with van der Waals surface area (Å²) in [6.07, 6.45) is 0. The highest BCUT2D eigenvalue weighted by molar-refractivity contribution is 8.00. The Morgan fingerprint density at radius 1 is 1.35 bits per heavy atom. The van der Waals surface area contributed by atoms with Crippen LogP contribution >= 0.6 is 11.8 Å². The first-order valence-electron chi connectivity index (χ1n) is 6.74. The number of benzene rings is 1. The van der Waals surface area contributed by atoms with E-state index >= 15 is 0 Å². The fraction of sp³-hybridized carbons (Fsp3) is 0.467. The highest BCUT2D eigenvalue weighted by Gasteiger charge is 2.23. The van der Waals surface area contributed by atoms with Crippen LogP contribution in [0.4, 0.5) is 5.69 Å². The summed E-state index contributed by atoms with van der Waals surface area (Å²) in [6, 6.07) is 8.99. The maximum atomic E-state index is 12.0. The minimum atomic E-state index is 0.000933. The molecule has 0 bridgehead atoms. The third kappa shape index (κ3) is 4.26. The van der Waals surface area contributed by atoms with Crippen molar-refractivity contribution in [2.75, 3.05) is 25.0 Å². The van der Waals surface area contributed by atoms with Crippen LogP contribution in [0.3, 0.4) is 0 Å². The highest BCUT2D eigenvalue weighted by atomic mass is 32.2. The van der Waals surface area contributed by atoms with Crippen LogP contribution in [0.25, 0.3) is 0 Å². The van der Waals surface area contributed by atoms with E-state index in [0.29, 0.717) is 22.6 Å². The minimum absolute atomic E-state index is 0.000933. The van der Waals surface area contributed by atoms with Gasteiger partial charge >= 0.3 is 0 Å². The molecule has 1 amide bonds. The van der Waals surface area contributed by atoms with Gasteiger partial charge in [0.05, 0.1) is 18.2 Å². The zero-order chi connectivity index (χ0) is 14.5. The van der Waals surface area contributed by atoms with Gasteiger partial charge in [0.15, 0.2) is 0 Å². The number of amides is 1. The summed E-state index contributed by atoms with van der Waals surface area (Å²) >= 11 is 1.98. The van der Waals surface area contributed by atoms with Crippen molar-refractivity contribution >= 4 is 23.4 Å². The molecule has 20 heavy (non-hydrogen) atoms. The molecule has 0 radical (unpaired) electrons. The molecule has 1 heterocycles. The molecule has 0 saturated carbocycles. The number of carbonyl (C=O) groups is 1. The topological polar surface area (TPSA) is 56.1 Å². The van der Waals surface area contributed by atoms with Crippen LogP contribution in [0.15, 0.2) is 24.3 Å². The number of thioether (sulfide) groups is 1. The van der Waals surface area contributed by atoms with Crippen molar-refractivity contribution in [3.63, 3.8) is 0 Å². The summed E-state index contributed by atoms with van der Waals surface area (Å²) in [5.41, 5.74) is 1.33. The second-order valence-electron chi connectivity index (χ2n) is 5.19. The number of nitriles is 1. The number of rotatable bonds is 3. The zero-order valence-electron chi connectivity index (χ0n) is 11.8. The molecule has 1 fully saturated rings. The van der Waals surface area contributed by atoms with Crippen molar-refractivity contribution in [1.29, 1.82) is 5.26 Å². The first-order chi connectivity index (χ1) is 9.56. The van der Waals surface area contributed by atoms with Crippen molar-refractivity contribution < 1.29 is 4.79 Å². The van der Waals surface area contributed by atoms with E-state index in [4.69, 9.17) is 5.26 Å². The standard InChI is InChI=1S/C15H19N3OS/c1-11-8-18(9-12(2)20-11)10-15(19)17-14-5-3-13(7-16)4-6-14/h3-6,11-12H,8-10H2,1-2H3,(H,17,19). The zero-order valence-corrected chi connectivity index (χ0v) is 12.6. The van der Waals surface area contributed by atoms with Crippen molar-refractivity contribution in [1.82, 2.24) is 4.90 Å². The summed E-state index contributed by atoms with van der Waals surface area (Å²) in [4.78, 5) is 14.2. The van der Waals surface area contributed by atoms with Gasteiger partial charge in [0, 0.05) is 29.3 Å². The number of hydrogen-bond donors (Lipinski definition) is 1. The number of nitrogens with one attached hydrogen (secondary N) is 1. The Hall–Kier alpha value is -1.51. The molecule has 2 unspecified atom stereocenters. The van der Waals surface area contributed by atoms with Gasteiger partial charge in [-0.2, -0.15) is 17.0 Å². The lowest BCUT2D eigenvalue weighted by Gasteiger charge is -2.33. The molecule has 1 aromatic carbocycles. The molecule has 0 aliphatic carbocycles. The van der Waals surface area contributed by atoms with Crippen molar-refractivity contribution in [3.8, 4) is 6.07 Å². The maximum Gasteiger partial charge on any atom is 0.238 e. The lowest BCUT2D eigenvalue weighted by molar-refractivity contribution is -0.117. The molecule has 1 N–H and O–H groups in total. The van der Waals surface area contributed by atoms with Gasteiger partial charge in [-0.1, -0.05) is 13.8 Å². The molecule has 2 atom stereocenters. The van der Waals surface area contributed by atoms with E-state index in [1.54, 1.807) is 24.3 Å². The Labute approximate surface area is 124 Å². The molecule has 1 aliphatic rings. The van der Waals surface area contributed by atoms with Crippen LogP contribution < -0.4 is 5.32 Å². The monoisotopic (exact) mass is 289 g/mol. The molecule has 1 aromatic rings. The number of nitrogens with zero attached hydrogens (tertiary/aromatic N) is 2. The largest absolute Gasteiger partial charge is 0.325 e. The number of hydrogen-bond acceptors (Lipinski definition) is 4. The molecule has 1 aliphatic heterocycles. The van der Waals surface area contributed by atoms with E-state index in [2.05, 4.69) is 30.1 Å². The van der Waals surface area contributed by atoms with E-state index in [1.165, 1.54) is 0 Å². The van der Waals surface area contributed by atoms with E-state index in [0.717, 1.165) is 18.8 Å². The first-order valence-corrected chi connectivity index (χ1v) is 7.69. The van der Waals surface area contributed by atoms with Gasteiger partial charge in [0.2, 0.25) is 5.91 Å². The van der Waals surface area contributed by atoms with Crippen LogP contribution in [-0.2, 0) is 4.79 Å². The second kappa shape index (κ2) is 6.78. The molecule has 1 saturated heterocycles. The summed E-state index contributed by atoms with van der Waals surface area (Å²) in [5.74, 6) is 0.000933. The molecule has 4 nitrogen and oxygen atoms in total. The molecular formula is C15H19N3OS. The Morgan fingerprint density at radius 3 is 2.50 bits per heavy atom. The lowest BCUT2D eigenvalue weighted by atomic mass is 10.2. The predicted octanol–water partition coefficient (Wildman–Crippen LogP) is 2.32. The molecule has 2 rings (SSSR count). The van der Waals surface area contributed by atoms with Crippen LogP contribution in [0, 0.1) is 11.3 Å². The lowest BCUT2D eigenvalue weighted by Crippen LogP contribution is -2.44. The average Bonchev–Trinajstić information content (AvgIpc) is 2.38. The predicted molar refractivity (Wildman–Crippen MR) is 82.7 cm³/mol. The fourth-order valence-electron chi connectivity index (χ4n) is 2.45. The second-order valence-corrected chi connectivity index (χ2v) is 7.07. The third-order valence-corrected chi connectivity index (χ3v) is 4.39. The van der Waals surface area contributed by atoms with E-state index in [1.807, 2.05) is 11.8 Å². The minimum Gasteiger partial charge on any atom is -0.325 e. The number of carbonyl (C=O) groups excluding carboxylic acids is 1. The third-order valence-electron chi connectivity index (χ3n) is 3.16. The molecule has 5 heteroatoms. The SMILES string of the molecule is CC1CN(CC(=O)Nc2ccc(C#N)cc2)CC(C)S1. The van der Waals surface area contributed by atoms with E-state index in [-0.39, 0.29) is 5.91 Å². The summed E-state index contributed by atoms with van der Waals surface area (Å²) in [5, 5.41) is 12.7. The van der Waals surface area contributed by atoms with Crippen LogP contribution in [0.1, 0.15) is 19.4 Å². The van der Waals surface area contributed by atoms with Gasteiger partial charge < -0.3 is 5.32 Å². The molecule has 0 aromatic heterocycles. The molecule has 0 spiro atoms. The first kappa shape index (κ1) is 14.9. The van der Waals surface area contributed by atoms with E-state index in [9.17, 15) is 4.79 Å². The summed E-state index contributed by atoms with van der Waals surface area (Å²) < 4.78 is 0. The van der Waals surface area contributed by atoms with Crippen molar-refractivity contribution in [2.45, 2.75) is 24.3 Å². The normalized spacial score (nSPS) is 23.1. The Balaban J connectivity index is 1.87. The van der Waals surface area contributed by atoms with Gasteiger partial charge in [-0.15, -0.1) is 0 Å². The summed E-state index contributed by atoms with van der Waals surface area (Å²) in [7, 11) is 0. The van der Waals surface area contributed by atoms with Crippen LogP contribution in [0.5, 0.6) is 0 Å². The smallest absolute Gasteiger partial charge is 0.238 e. The molecule has 106 valence electrons. The van der Waals surface area contributed by atoms with Gasteiger partial charge in [-0.3, -0.25) is 9.69 Å². The Kier molecular flexibility index (Phi) is 5.05. The van der Waals surface area contributed by atoms with Gasteiger partial charge in [0.1, 0.15) is 0 Å². The Bertz CT molecular complexity index is 499. The van der Waals surface area contributed by atoms with Crippen molar-refractivity contribution in [3.05, 3.63) is 29.8 Å². The van der Waals surface area contributed by atoms with Crippen molar-refractivity contribution in [2.24, 2.45) is 0 Å². The van der Waals surface area contributed by atoms with Gasteiger partial charge in [-0.05, 0) is 24.3 Å². The number of anilines is 1. The van der Waals surface area contributed by atoms with Gasteiger partial charge in [-0.25, -0.2) is 0 Å². The summed E-state index contributed by atoms with van der Waals surface area (Å²) in [6.45, 7) is 6.73. The van der Waals surface area contributed by atoms with Gasteiger partial charge in [0.25, 0.3) is 0 Å². The van der Waals surface area contributed by atoms with Crippen LogP contribution in [-0.4, -0.2) is 40.9 Å². The quantitative estimate of drug-likeness (QED) is 0.928. The highest BCUT2D eigenvalue weighted by Crippen LogP contribution is 2.24. The van der Waals surface area contributed by atoms with E-state index < -0.39 is 0 Å². The fourth-order valence-corrected chi connectivity index (χ4v) is 3.83.